The van der Waals surface area contributed by atoms with E-state index in [0.717, 1.165) is 22.8 Å². The van der Waals surface area contributed by atoms with E-state index < -0.39 is 6.10 Å². The number of aryl methyl sites for hydroxylation is 3. The van der Waals surface area contributed by atoms with Crippen molar-refractivity contribution in [2.75, 3.05) is 0 Å². The largest absolute Gasteiger partial charge is 0.387 e. The predicted octanol–water partition coefficient (Wildman–Crippen LogP) is 1.85. The highest BCUT2D eigenvalue weighted by molar-refractivity contribution is 7.09. The van der Waals surface area contributed by atoms with Crippen LogP contribution in [0, 0.1) is 6.92 Å². The number of hydrogen-bond donors (Lipinski definition) is 1. The lowest BCUT2D eigenvalue weighted by atomic mass is 10.1. The summed E-state index contributed by atoms with van der Waals surface area (Å²) in [7, 11) is 1.96. The third-order valence-corrected chi connectivity index (χ3v) is 3.68. The molecule has 2 rings (SSSR count). The molecule has 0 spiro atoms. The summed E-state index contributed by atoms with van der Waals surface area (Å²) in [4.78, 5) is 9.34. The number of thiazole rings is 1. The Balaban J connectivity index is 1.97. The highest BCUT2D eigenvalue weighted by Gasteiger charge is 2.13. The molecule has 0 saturated carbocycles. The lowest BCUT2D eigenvalue weighted by Gasteiger charge is -2.08. The molecule has 0 fully saturated rings. The van der Waals surface area contributed by atoms with Gasteiger partial charge in [0.15, 0.2) is 0 Å². The van der Waals surface area contributed by atoms with E-state index in [-0.39, 0.29) is 0 Å². The van der Waals surface area contributed by atoms with E-state index in [2.05, 4.69) is 9.97 Å². The van der Waals surface area contributed by atoms with Crippen molar-refractivity contribution in [3.05, 3.63) is 34.3 Å². The van der Waals surface area contributed by atoms with Crippen molar-refractivity contribution >= 4 is 11.3 Å². The van der Waals surface area contributed by atoms with Gasteiger partial charge < -0.3 is 9.67 Å². The van der Waals surface area contributed by atoms with Crippen LogP contribution in [0.25, 0.3) is 0 Å². The van der Waals surface area contributed by atoms with Crippen molar-refractivity contribution in [2.24, 2.45) is 7.05 Å². The zero-order chi connectivity index (χ0) is 11.5. The number of rotatable bonds is 4. The van der Waals surface area contributed by atoms with Crippen LogP contribution in [-0.4, -0.2) is 19.6 Å². The van der Waals surface area contributed by atoms with Crippen LogP contribution < -0.4 is 0 Å². The van der Waals surface area contributed by atoms with E-state index in [9.17, 15) is 5.11 Å². The van der Waals surface area contributed by atoms with E-state index in [1.807, 2.05) is 24.7 Å². The fraction of sp³-hybridized carbons (Fsp3) is 0.455. The Kier molecular flexibility index (Phi) is 3.36. The summed E-state index contributed by atoms with van der Waals surface area (Å²) in [5.41, 5.74) is 2.70. The second-order valence-electron chi connectivity index (χ2n) is 3.81. The van der Waals surface area contributed by atoms with Gasteiger partial charge in [0.05, 0.1) is 22.2 Å². The van der Waals surface area contributed by atoms with E-state index in [1.165, 1.54) is 11.3 Å². The summed E-state index contributed by atoms with van der Waals surface area (Å²) < 4.78 is 1.98. The Labute approximate surface area is 98.6 Å². The zero-order valence-corrected chi connectivity index (χ0v) is 10.2. The quantitative estimate of drug-likeness (QED) is 0.883. The van der Waals surface area contributed by atoms with Crippen LogP contribution in [0.15, 0.2) is 17.9 Å². The predicted molar refractivity (Wildman–Crippen MR) is 63.3 cm³/mol. The van der Waals surface area contributed by atoms with Crippen LogP contribution in [0.1, 0.15) is 28.9 Å². The molecule has 2 aromatic heterocycles. The van der Waals surface area contributed by atoms with Crippen molar-refractivity contribution < 1.29 is 5.11 Å². The molecule has 1 atom stereocenters. The summed E-state index contributed by atoms with van der Waals surface area (Å²) in [6.07, 6.45) is 4.74. The summed E-state index contributed by atoms with van der Waals surface area (Å²) in [5.74, 6) is 1.00. The molecule has 4 nitrogen and oxygen atoms in total. The SMILES string of the molecule is Cc1ncsc1C(O)CCc1nccn1C. The highest BCUT2D eigenvalue weighted by atomic mass is 32.1. The maximum atomic E-state index is 10.0. The van der Waals surface area contributed by atoms with Gasteiger partial charge in [-0.15, -0.1) is 11.3 Å². The first-order valence-corrected chi connectivity index (χ1v) is 6.10. The molecule has 0 aliphatic rings. The van der Waals surface area contributed by atoms with Crippen LogP contribution in [0.5, 0.6) is 0 Å². The van der Waals surface area contributed by atoms with Gasteiger partial charge >= 0.3 is 0 Å². The maximum absolute atomic E-state index is 10.0. The number of hydrogen-bond acceptors (Lipinski definition) is 4. The number of aromatic nitrogens is 3. The Morgan fingerprint density at radius 1 is 1.50 bits per heavy atom. The van der Waals surface area contributed by atoms with Crippen LogP contribution in [-0.2, 0) is 13.5 Å². The van der Waals surface area contributed by atoms with E-state index in [0.29, 0.717) is 6.42 Å². The summed E-state index contributed by atoms with van der Waals surface area (Å²) >= 11 is 1.51. The van der Waals surface area contributed by atoms with Gasteiger partial charge in [0.2, 0.25) is 0 Å². The van der Waals surface area contributed by atoms with Crippen molar-refractivity contribution in [2.45, 2.75) is 25.9 Å². The zero-order valence-electron chi connectivity index (χ0n) is 9.42. The van der Waals surface area contributed by atoms with Crippen LogP contribution in [0.3, 0.4) is 0 Å². The third-order valence-electron chi connectivity index (χ3n) is 2.65. The van der Waals surface area contributed by atoms with E-state index >= 15 is 0 Å². The molecular formula is C11H15N3OS. The molecule has 0 aliphatic carbocycles. The maximum Gasteiger partial charge on any atom is 0.108 e. The van der Waals surface area contributed by atoms with Gasteiger partial charge in [-0.05, 0) is 13.3 Å². The van der Waals surface area contributed by atoms with Crippen molar-refractivity contribution in [1.29, 1.82) is 0 Å². The van der Waals surface area contributed by atoms with Gasteiger partial charge in [-0.3, -0.25) is 0 Å². The minimum absolute atomic E-state index is 0.427. The van der Waals surface area contributed by atoms with Gasteiger partial charge in [-0.25, -0.2) is 9.97 Å². The summed E-state index contributed by atoms with van der Waals surface area (Å²) in [6, 6.07) is 0. The molecule has 86 valence electrons. The molecule has 0 saturated heterocycles. The first kappa shape index (κ1) is 11.3. The Bertz CT molecular complexity index is 463. The summed E-state index contributed by atoms with van der Waals surface area (Å²) in [6.45, 7) is 1.93. The number of imidazole rings is 1. The molecule has 2 aromatic rings. The first-order chi connectivity index (χ1) is 7.68. The van der Waals surface area contributed by atoms with Gasteiger partial charge in [0.1, 0.15) is 5.82 Å². The molecule has 0 amide bonds. The fourth-order valence-corrected chi connectivity index (χ4v) is 2.49. The van der Waals surface area contributed by atoms with Gasteiger partial charge in [0.25, 0.3) is 0 Å². The average Bonchev–Trinajstić information content (AvgIpc) is 2.84. The molecular weight excluding hydrogens is 222 g/mol. The fourth-order valence-electron chi connectivity index (χ4n) is 1.67. The second kappa shape index (κ2) is 4.76. The van der Waals surface area contributed by atoms with Crippen molar-refractivity contribution in [3.63, 3.8) is 0 Å². The van der Waals surface area contributed by atoms with Crippen LogP contribution in [0.4, 0.5) is 0 Å². The average molecular weight is 237 g/mol. The molecule has 1 N–H and O–H groups in total. The minimum Gasteiger partial charge on any atom is -0.387 e. The van der Waals surface area contributed by atoms with Gasteiger partial charge in [0, 0.05) is 25.9 Å². The Morgan fingerprint density at radius 2 is 2.31 bits per heavy atom. The number of nitrogens with zero attached hydrogens (tertiary/aromatic N) is 3. The number of aliphatic hydroxyl groups is 1. The highest BCUT2D eigenvalue weighted by Crippen LogP contribution is 2.25. The minimum atomic E-state index is -0.427. The Hall–Kier alpha value is -1.20. The van der Waals surface area contributed by atoms with Crippen molar-refractivity contribution in [1.82, 2.24) is 14.5 Å². The Morgan fingerprint density at radius 3 is 2.88 bits per heavy atom. The molecule has 1 unspecified atom stereocenters. The van der Waals surface area contributed by atoms with E-state index in [4.69, 9.17) is 0 Å². The molecule has 16 heavy (non-hydrogen) atoms. The van der Waals surface area contributed by atoms with Gasteiger partial charge in [-0.2, -0.15) is 0 Å². The smallest absolute Gasteiger partial charge is 0.108 e. The molecule has 0 radical (unpaired) electrons. The third kappa shape index (κ3) is 2.31. The first-order valence-electron chi connectivity index (χ1n) is 5.22. The van der Waals surface area contributed by atoms with Crippen LogP contribution >= 0.6 is 11.3 Å². The van der Waals surface area contributed by atoms with Crippen molar-refractivity contribution in [3.8, 4) is 0 Å². The summed E-state index contributed by atoms with van der Waals surface area (Å²) in [5, 5.41) is 10.0. The molecule has 0 bridgehead atoms. The monoisotopic (exact) mass is 237 g/mol. The number of aliphatic hydroxyl groups excluding tert-OH is 1. The molecule has 5 heteroatoms. The van der Waals surface area contributed by atoms with Crippen LogP contribution in [0.2, 0.25) is 0 Å². The lowest BCUT2D eigenvalue weighted by Crippen LogP contribution is -2.03. The molecule has 0 aromatic carbocycles. The molecule has 2 heterocycles. The van der Waals surface area contributed by atoms with E-state index in [1.54, 1.807) is 11.7 Å². The lowest BCUT2D eigenvalue weighted by molar-refractivity contribution is 0.169. The molecule has 0 aliphatic heterocycles. The standard InChI is InChI=1S/C11H15N3OS/c1-8-11(16-7-13-8)9(15)3-4-10-12-5-6-14(10)2/h5-7,9,15H,3-4H2,1-2H3. The van der Waals surface area contributed by atoms with Gasteiger partial charge in [-0.1, -0.05) is 0 Å². The normalized spacial score (nSPS) is 12.9. The topological polar surface area (TPSA) is 50.9 Å². The second-order valence-corrected chi connectivity index (χ2v) is 4.70.